The Morgan fingerprint density at radius 1 is 1.13 bits per heavy atom. The van der Waals surface area contributed by atoms with E-state index in [9.17, 15) is 24.0 Å². The first-order chi connectivity index (χ1) is 18.1. The molecular formula is C26H37N5O5S2. The molecule has 38 heavy (non-hydrogen) atoms. The Hall–Kier alpha value is -2.41. The zero-order chi connectivity index (χ0) is 27.9. The van der Waals surface area contributed by atoms with Gasteiger partial charge in [-0.15, -0.1) is 23.5 Å². The Kier molecular flexibility index (Phi) is 10.8. The van der Waals surface area contributed by atoms with Gasteiger partial charge in [0.05, 0.1) is 16.2 Å². The third-order valence-corrected chi connectivity index (χ3v) is 9.90. The minimum absolute atomic E-state index is 0.172. The van der Waals surface area contributed by atoms with Crippen molar-refractivity contribution in [3.05, 3.63) is 35.9 Å². The Morgan fingerprint density at radius 3 is 2.39 bits per heavy atom. The second kappa shape index (κ2) is 13.6. The number of amides is 4. The second-order valence-corrected chi connectivity index (χ2v) is 12.9. The van der Waals surface area contributed by atoms with Crippen LogP contribution in [0, 0.1) is 0 Å². The summed E-state index contributed by atoms with van der Waals surface area (Å²) in [5.41, 5.74) is 6.46. The predicted octanol–water partition coefficient (Wildman–Crippen LogP) is 0.912. The Balaban J connectivity index is 1.82. The second-order valence-electron chi connectivity index (χ2n) is 9.73. The highest BCUT2D eigenvalue weighted by Gasteiger charge is 2.46. The van der Waals surface area contributed by atoms with Crippen molar-refractivity contribution in [1.29, 1.82) is 0 Å². The molecule has 2 heterocycles. The molecule has 0 bridgehead atoms. The number of rotatable bonds is 10. The molecule has 0 aromatic heterocycles. The molecule has 2 aliphatic heterocycles. The molecule has 3 atom stereocenters. The predicted molar refractivity (Wildman–Crippen MR) is 149 cm³/mol. The van der Waals surface area contributed by atoms with E-state index in [1.165, 1.54) is 4.90 Å². The number of carbonyl (C=O) groups is 5. The number of thioether (sulfide) groups is 2. The smallest absolute Gasteiger partial charge is 0.298 e. The fourth-order valence-electron chi connectivity index (χ4n) is 4.46. The van der Waals surface area contributed by atoms with Gasteiger partial charge in [0.1, 0.15) is 12.6 Å². The first-order valence-corrected chi connectivity index (χ1v) is 14.8. The van der Waals surface area contributed by atoms with Gasteiger partial charge in [-0.05, 0) is 36.3 Å². The largest absolute Gasteiger partial charge is 0.347 e. The summed E-state index contributed by atoms with van der Waals surface area (Å²) in [4.78, 5) is 67.8. The quantitative estimate of drug-likeness (QED) is 0.354. The molecule has 10 nitrogen and oxygen atoms in total. The lowest BCUT2D eigenvalue weighted by molar-refractivity contribution is -0.154. The van der Waals surface area contributed by atoms with Crippen LogP contribution in [0.15, 0.2) is 30.3 Å². The zero-order valence-corrected chi connectivity index (χ0v) is 23.7. The summed E-state index contributed by atoms with van der Waals surface area (Å²) >= 11 is 3.59. The van der Waals surface area contributed by atoms with Crippen molar-refractivity contribution in [2.45, 2.75) is 54.8 Å². The van der Waals surface area contributed by atoms with Crippen molar-refractivity contribution in [3.8, 4) is 0 Å². The molecule has 0 saturated carbocycles. The van der Waals surface area contributed by atoms with Gasteiger partial charge < -0.3 is 21.3 Å². The highest BCUT2D eigenvalue weighted by molar-refractivity contribution is 8.18. The Bertz CT molecular complexity index is 1030. The van der Waals surface area contributed by atoms with Crippen LogP contribution in [0.3, 0.4) is 0 Å². The number of Topliss-reactive ketones (excluding diaryl/α,β-unsaturated/α-hetero) is 1. The molecular weight excluding hydrogens is 526 g/mol. The lowest BCUT2D eigenvalue weighted by Crippen LogP contribution is -2.55. The van der Waals surface area contributed by atoms with Crippen molar-refractivity contribution in [3.63, 3.8) is 0 Å². The van der Waals surface area contributed by atoms with Crippen LogP contribution < -0.4 is 16.4 Å². The van der Waals surface area contributed by atoms with E-state index in [2.05, 4.69) is 10.6 Å². The third kappa shape index (κ3) is 7.37. The number of hydrogen-bond acceptors (Lipinski definition) is 9. The fraction of sp³-hybridized carbons (Fsp3) is 0.577. The third-order valence-electron chi connectivity index (χ3n) is 6.54. The van der Waals surface area contributed by atoms with Crippen molar-refractivity contribution < 1.29 is 24.0 Å². The molecule has 1 aromatic rings. The molecule has 3 rings (SSSR count). The van der Waals surface area contributed by atoms with E-state index >= 15 is 0 Å². The average molecular weight is 564 g/mol. The lowest BCUT2D eigenvalue weighted by Gasteiger charge is -2.31. The molecule has 208 valence electrons. The monoisotopic (exact) mass is 563 g/mol. The number of ketones is 1. The van der Waals surface area contributed by atoms with E-state index in [0.717, 1.165) is 17.9 Å². The minimum atomic E-state index is -1.10. The summed E-state index contributed by atoms with van der Waals surface area (Å²) in [6.07, 6.45) is 2.44. The molecule has 2 aliphatic rings. The standard InChI is InChI=1S/C26H37N5O5S2/c1-4-9-18(27)22(33)25(36)31(23(34)19-14-26(16-28-19)37-12-8-13-38-26)15-20(32)29-21(24(35)30(2)3)17-10-6-5-7-11-17/h5-7,10-11,18-19,21,28H,4,8-9,12-16,27H2,1-3H3,(H,29,32). The van der Waals surface area contributed by atoms with Gasteiger partial charge in [-0.3, -0.25) is 28.9 Å². The molecule has 0 aliphatic carbocycles. The van der Waals surface area contributed by atoms with Crippen LogP contribution in [-0.2, 0) is 24.0 Å². The summed E-state index contributed by atoms with van der Waals surface area (Å²) in [5.74, 6) is -1.78. The van der Waals surface area contributed by atoms with Crippen molar-refractivity contribution >= 4 is 52.9 Å². The van der Waals surface area contributed by atoms with Crippen LogP contribution in [0.5, 0.6) is 0 Å². The van der Waals surface area contributed by atoms with Gasteiger partial charge in [0, 0.05) is 20.6 Å². The summed E-state index contributed by atoms with van der Waals surface area (Å²) in [5, 5.41) is 5.85. The van der Waals surface area contributed by atoms with E-state index in [1.807, 2.05) is 6.92 Å². The van der Waals surface area contributed by atoms with Crippen molar-refractivity contribution in [2.24, 2.45) is 5.73 Å². The minimum Gasteiger partial charge on any atom is -0.347 e. The van der Waals surface area contributed by atoms with Crippen LogP contribution >= 0.6 is 23.5 Å². The number of nitrogens with one attached hydrogen (secondary N) is 2. The molecule has 4 N–H and O–H groups in total. The lowest BCUT2D eigenvalue weighted by atomic mass is 10.1. The highest BCUT2D eigenvalue weighted by atomic mass is 32.2. The topological polar surface area (TPSA) is 142 Å². The van der Waals surface area contributed by atoms with Crippen LogP contribution in [0.2, 0.25) is 0 Å². The molecule has 4 amide bonds. The maximum absolute atomic E-state index is 13.6. The number of imide groups is 1. The SMILES string of the molecule is CCCC(N)C(=O)C(=O)N(CC(=O)NC(C(=O)N(C)C)c1ccccc1)C(=O)C1CC2(CN1)SCCCS2. The van der Waals surface area contributed by atoms with Gasteiger partial charge in [-0.25, -0.2) is 0 Å². The first kappa shape index (κ1) is 30.1. The van der Waals surface area contributed by atoms with E-state index in [4.69, 9.17) is 5.73 Å². The van der Waals surface area contributed by atoms with E-state index in [-0.39, 0.29) is 16.4 Å². The number of benzene rings is 1. The fourth-order valence-corrected chi connectivity index (χ4v) is 7.74. The summed E-state index contributed by atoms with van der Waals surface area (Å²) in [7, 11) is 3.14. The summed E-state index contributed by atoms with van der Waals surface area (Å²) < 4.78 is -0.172. The van der Waals surface area contributed by atoms with Crippen LogP contribution in [0.25, 0.3) is 0 Å². The Labute approximate surface area is 232 Å². The molecule has 0 radical (unpaired) electrons. The van der Waals surface area contributed by atoms with E-state index in [1.54, 1.807) is 68.0 Å². The molecule has 12 heteroatoms. The van der Waals surface area contributed by atoms with Gasteiger partial charge in [0.15, 0.2) is 0 Å². The van der Waals surface area contributed by atoms with E-state index < -0.39 is 48.2 Å². The summed E-state index contributed by atoms with van der Waals surface area (Å²) in [6.45, 7) is 1.72. The van der Waals surface area contributed by atoms with Gasteiger partial charge in [0.2, 0.25) is 23.5 Å². The van der Waals surface area contributed by atoms with Crippen LogP contribution in [0.4, 0.5) is 0 Å². The number of nitrogens with two attached hydrogens (primary N) is 1. The molecule has 3 unspecified atom stereocenters. The zero-order valence-electron chi connectivity index (χ0n) is 22.1. The summed E-state index contributed by atoms with van der Waals surface area (Å²) in [6, 6.07) is 5.88. The Morgan fingerprint density at radius 2 is 1.79 bits per heavy atom. The molecule has 1 spiro atoms. The number of carbonyl (C=O) groups excluding carboxylic acids is 5. The number of nitrogens with zero attached hydrogens (tertiary/aromatic N) is 2. The van der Waals surface area contributed by atoms with Gasteiger partial charge >= 0.3 is 0 Å². The van der Waals surface area contributed by atoms with Gasteiger partial charge in [-0.1, -0.05) is 43.7 Å². The highest BCUT2D eigenvalue weighted by Crippen LogP contribution is 2.47. The average Bonchev–Trinajstić information content (AvgIpc) is 3.32. The van der Waals surface area contributed by atoms with Gasteiger partial charge in [0.25, 0.3) is 5.91 Å². The maximum atomic E-state index is 13.6. The van der Waals surface area contributed by atoms with Crippen molar-refractivity contribution in [2.75, 3.05) is 38.7 Å². The first-order valence-electron chi connectivity index (χ1n) is 12.8. The normalized spacial score (nSPS) is 19.8. The molecule has 2 fully saturated rings. The van der Waals surface area contributed by atoms with Gasteiger partial charge in [-0.2, -0.15) is 0 Å². The number of hydrogen-bond donors (Lipinski definition) is 3. The van der Waals surface area contributed by atoms with Crippen LogP contribution in [0.1, 0.15) is 44.2 Å². The maximum Gasteiger partial charge on any atom is 0.298 e. The molecule has 2 saturated heterocycles. The number of likely N-dealkylation sites (N-methyl/N-ethyl adjacent to an activating group) is 1. The van der Waals surface area contributed by atoms with Crippen molar-refractivity contribution in [1.82, 2.24) is 20.4 Å². The molecule has 1 aromatic carbocycles. The van der Waals surface area contributed by atoms with Crippen LogP contribution in [-0.4, -0.2) is 94.1 Å². The van der Waals surface area contributed by atoms with E-state index in [0.29, 0.717) is 29.8 Å².